The number of ether oxygens (including phenoxy) is 4. The number of para-hydroxylation sites is 2. The Hall–Kier alpha value is -4.35. The molecule has 2 aromatic heterocycles. The van der Waals surface area contributed by atoms with Crippen LogP contribution in [-0.2, 0) is 20.8 Å². The molecule has 6 rings (SSSR count). The van der Waals surface area contributed by atoms with Crippen molar-refractivity contribution in [3.63, 3.8) is 0 Å². The van der Waals surface area contributed by atoms with Crippen molar-refractivity contribution in [3.05, 3.63) is 124 Å². The van der Waals surface area contributed by atoms with Crippen molar-refractivity contribution in [2.45, 2.75) is 39.8 Å². The van der Waals surface area contributed by atoms with Gasteiger partial charge in [0.2, 0.25) is 0 Å². The number of nitrogens with zero attached hydrogens (tertiary/aromatic N) is 3. The summed E-state index contributed by atoms with van der Waals surface area (Å²) >= 11 is 13.8. The highest BCUT2D eigenvalue weighted by Gasteiger charge is 2.36. The first-order valence-electron chi connectivity index (χ1n) is 16.2. The molecule has 0 unspecified atom stereocenters. The standard InChI is InChI=1S/C38H37Cl2N3O6S/c1-6-16-48-35-26(11-9-13-31(35)47-5)34-33(37(45)49-18-17-46-4)22(2)41-38-43(34)36(44)32(50-38)20-27-23(3)42(30-12-8-7-10-25(27)30)21-24-14-15-28(39)29(40)19-24/h7-15,19-20,34H,6,16-18,21H2,1-5H3/b32-20+/t34-/m1/s1. The van der Waals surface area contributed by atoms with Gasteiger partial charge in [-0.2, -0.15) is 0 Å². The zero-order valence-corrected chi connectivity index (χ0v) is 30.7. The summed E-state index contributed by atoms with van der Waals surface area (Å²) in [6, 6.07) is 18.3. The van der Waals surface area contributed by atoms with E-state index in [0.29, 0.717) is 55.3 Å². The molecule has 0 spiro atoms. The highest BCUT2D eigenvalue weighted by Crippen LogP contribution is 2.41. The van der Waals surface area contributed by atoms with Gasteiger partial charge in [-0.1, -0.05) is 77.9 Å². The van der Waals surface area contributed by atoms with E-state index in [0.717, 1.165) is 34.1 Å². The van der Waals surface area contributed by atoms with E-state index in [1.54, 1.807) is 30.7 Å². The zero-order chi connectivity index (χ0) is 35.5. The van der Waals surface area contributed by atoms with Crippen molar-refractivity contribution in [1.82, 2.24) is 9.13 Å². The first-order chi connectivity index (χ1) is 24.2. The molecule has 0 radical (unpaired) electrons. The van der Waals surface area contributed by atoms with Crippen LogP contribution in [0.3, 0.4) is 0 Å². The maximum Gasteiger partial charge on any atom is 0.338 e. The summed E-state index contributed by atoms with van der Waals surface area (Å²) in [7, 11) is 3.09. The van der Waals surface area contributed by atoms with Crippen molar-refractivity contribution in [1.29, 1.82) is 0 Å². The van der Waals surface area contributed by atoms with Crippen LogP contribution in [0.2, 0.25) is 10.0 Å². The Bertz CT molecular complexity index is 2310. The molecule has 3 heterocycles. The van der Waals surface area contributed by atoms with Gasteiger partial charge in [0.05, 0.1) is 46.2 Å². The molecule has 0 saturated heterocycles. The van der Waals surface area contributed by atoms with Crippen molar-refractivity contribution in [2.24, 2.45) is 4.99 Å². The van der Waals surface area contributed by atoms with E-state index in [1.165, 1.54) is 18.4 Å². The molecule has 1 aliphatic rings. The van der Waals surface area contributed by atoms with Crippen LogP contribution < -0.4 is 24.4 Å². The van der Waals surface area contributed by atoms with Crippen molar-refractivity contribution in [3.8, 4) is 11.5 Å². The molecule has 0 bridgehead atoms. The number of methoxy groups -OCH3 is 2. The third kappa shape index (κ3) is 6.73. The van der Waals surface area contributed by atoms with Gasteiger partial charge < -0.3 is 23.5 Å². The fourth-order valence-electron chi connectivity index (χ4n) is 6.24. The van der Waals surface area contributed by atoms with Gasteiger partial charge in [0.15, 0.2) is 16.3 Å². The van der Waals surface area contributed by atoms with Crippen molar-refractivity contribution in [2.75, 3.05) is 34.0 Å². The fraction of sp³-hybridized carbons (Fsp3) is 0.289. The lowest BCUT2D eigenvalue weighted by atomic mass is 9.94. The van der Waals surface area contributed by atoms with E-state index in [1.807, 2.05) is 62.4 Å². The number of hydrogen-bond donors (Lipinski definition) is 0. The number of esters is 1. The van der Waals surface area contributed by atoms with Crippen LogP contribution >= 0.6 is 34.5 Å². The average molecular weight is 735 g/mol. The predicted molar refractivity (Wildman–Crippen MR) is 198 cm³/mol. The first kappa shape index (κ1) is 35.5. The Labute approximate surface area is 303 Å². The number of benzene rings is 3. The fourth-order valence-corrected chi connectivity index (χ4v) is 7.58. The Morgan fingerprint density at radius 2 is 1.80 bits per heavy atom. The van der Waals surface area contributed by atoms with Gasteiger partial charge in [0, 0.05) is 41.4 Å². The molecule has 50 heavy (non-hydrogen) atoms. The van der Waals surface area contributed by atoms with Gasteiger partial charge in [-0.3, -0.25) is 9.36 Å². The van der Waals surface area contributed by atoms with Crippen LogP contribution in [0.5, 0.6) is 11.5 Å². The molecule has 0 saturated carbocycles. The molecule has 12 heteroatoms. The first-order valence-corrected chi connectivity index (χ1v) is 17.8. The average Bonchev–Trinajstić information content (AvgIpc) is 3.56. The largest absolute Gasteiger partial charge is 0.493 e. The lowest BCUT2D eigenvalue weighted by molar-refractivity contribution is -0.140. The number of halogens is 2. The number of thiazole rings is 1. The molecule has 1 atom stereocenters. The van der Waals surface area contributed by atoms with Gasteiger partial charge >= 0.3 is 5.97 Å². The number of carbonyl (C=O) groups excluding carboxylic acids is 1. The van der Waals surface area contributed by atoms with Crippen LogP contribution in [0.1, 0.15) is 48.7 Å². The summed E-state index contributed by atoms with van der Waals surface area (Å²) in [5.41, 5.74) is 4.87. The SMILES string of the molecule is CCCOc1c(OC)cccc1[C@@H]1C(C(=O)OCCOC)=C(C)N=c2s/c(=C/c3c(C)n(Cc4ccc(Cl)c(Cl)c4)c4ccccc34)c(=O)n21. The minimum Gasteiger partial charge on any atom is -0.493 e. The number of carbonyl (C=O) groups is 1. The van der Waals surface area contributed by atoms with E-state index in [2.05, 4.69) is 10.6 Å². The lowest BCUT2D eigenvalue weighted by Gasteiger charge is -2.27. The number of fused-ring (bicyclic) bond motifs is 2. The van der Waals surface area contributed by atoms with E-state index >= 15 is 0 Å². The third-order valence-electron chi connectivity index (χ3n) is 8.62. The molecule has 0 fully saturated rings. The molecule has 9 nitrogen and oxygen atoms in total. The van der Waals surface area contributed by atoms with Crippen LogP contribution in [0.4, 0.5) is 0 Å². The molecule has 5 aromatic rings. The smallest absolute Gasteiger partial charge is 0.338 e. The van der Waals surface area contributed by atoms with Crippen molar-refractivity contribution >= 4 is 57.5 Å². The quantitative estimate of drug-likeness (QED) is 0.103. The van der Waals surface area contributed by atoms with E-state index < -0.39 is 12.0 Å². The Kier molecular flexibility index (Phi) is 10.8. The van der Waals surface area contributed by atoms with E-state index in [-0.39, 0.29) is 24.3 Å². The second-order valence-corrected chi connectivity index (χ2v) is 13.6. The highest BCUT2D eigenvalue weighted by molar-refractivity contribution is 7.07. The Balaban J connectivity index is 1.55. The minimum atomic E-state index is -0.887. The minimum absolute atomic E-state index is 0.0477. The summed E-state index contributed by atoms with van der Waals surface area (Å²) in [6.45, 7) is 7.04. The molecule has 260 valence electrons. The summed E-state index contributed by atoms with van der Waals surface area (Å²) in [6.07, 6.45) is 2.67. The molecule has 3 aromatic carbocycles. The Morgan fingerprint density at radius 3 is 2.54 bits per heavy atom. The molecular weight excluding hydrogens is 697 g/mol. The lowest BCUT2D eigenvalue weighted by Crippen LogP contribution is -2.40. The number of allylic oxidation sites excluding steroid dienone is 1. The molecule has 0 amide bonds. The Morgan fingerprint density at radius 1 is 1.00 bits per heavy atom. The van der Waals surface area contributed by atoms with E-state index in [9.17, 15) is 9.59 Å². The maximum atomic E-state index is 14.6. The summed E-state index contributed by atoms with van der Waals surface area (Å²) in [4.78, 5) is 33.6. The second kappa shape index (κ2) is 15.3. The third-order valence-corrected chi connectivity index (χ3v) is 10.3. The van der Waals surface area contributed by atoms with Crippen LogP contribution in [-0.4, -0.2) is 49.1 Å². The second-order valence-electron chi connectivity index (χ2n) is 11.8. The normalized spacial score (nSPS) is 14.5. The van der Waals surface area contributed by atoms with Crippen molar-refractivity contribution < 1.29 is 23.7 Å². The zero-order valence-electron chi connectivity index (χ0n) is 28.4. The van der Waals surface area contributed by atoms with Gasteiger partial charge in [-0.15, -0.1) is 0 Å². The topological polar surface area (TPSA) is 93.3 Å². The number of aromatic nitrogens is 2. The van der Waals surface area contributed by atoms with Crippen LogP contribution in [0.25, 0.3) is 17.0 Å². The predicted octanol–water partition coefficient (Wildman–Crippen LogP) is 6.84. The van der Waals surface area contributed by atoms with Gasteiger partial charge in [-0.25, -0.2) is 9.79 Å². The molecule has 1 aliphatic heterocycles. The molecule has 0 N–H and O–H groups in total. The number of rotatable bonds is 12. The summed E-state index contributed by atoms with van der Waals surface area (Å²) in [5, 5.41) is 1.98. The maximum absolute atomic E-state index is 14.6. The molecule has 0 aliphatic carbocycles. The van der Waals surface area contributed by atoms with Gasteiger partial charge in [-0.05, 0) is 56.2 Å². The molecular formula is C38H37Cl2N3O6S. The van der Waals surface area contributed by atoms with E-state index in [4.69, 9.17) is 47.1 Å². The monoisotopic (exact) mass is 733 g/mol. The van der Waals surface area contributed by atoms with Gasteiger partial charge in [0.1, 0.15) is 12.6 Å². The highest BCUT2D eigenvalue weighted by atomic mass is 35.5. The number of hydrogen-bond acceptors (Lipinski definition) is 8. The summed E-state index contributed by atoms with van der Waals surface area (Å²) < 4.78 is 26.9. The van der Waals surface area contributed by atoms with Gasteiger partial charge in [0.25, 0.3) is 5.56 Å². The van der Waals surface area contributed by atoms with Crippen LogP contribution in [0, 0.1) is 6.92 Å². The van der Waals surface area contributed by atoms with Crippen LogP contribution in [0.15, 0.2) is 81.7 Å². The summed E-state index contributed by atoms with van der Waals surface area (Å²) in [5.74, 6) is 0.354.